The summed E-state index contributed by atoms with van der Waals surface area (Å²) < 4.78 is 10.6. The fourth-order valence-corrected chi connectivity index (χ4v) is 2.93. The number of carbonyl (C=O) groups excluding carboxylic acids is 2. The number of ether oxygens (including phenoxy) is 2. The molecule has 7 nitrogen and oxygen atoms in total. The van der Waals surface area contributed by atoms with E-state index in [1.807, 2.05) is 49.2 Å². The Bertz CT molecular complexity index is 862. The maximum atomic E-state index is 13.1. The monoisotopic (exact) mass is 413 g/mol. The summed E-state index contributed by atoms with van der Waals surface area (Å²) in [5, 5.41) is 5.62. The number of benzene rings is 2. The van der Waals surface area contributed by atoms with Crippen LogP contribution in [0.15, 0.2) is 48.5 Å². The van der Waals surface area contributed by atoms with Crippen LogP contribution in [0.1, 0.15) is 39.3 Å². The molecule has 2 aromatic carbocycles. The molecule has 0 aromatic heterocycles. The van der Waals surface area contributed by atoms with Gasteiger partial charge in [0, 0.05) is 5.69 Å². The summed E-state index contributed by atoms with van der Waals surface area (Å²) in [6.45, 7) is 8.07. The average Bonchev–Trinajstić information content (AvgIpc) is 2.67. The zero-order valence-corrected chi connectivity index (χ0v) is 18.5. The van der Waals surface area contributed by atoms with Crippen molar-refractivity contribution in [2.45, 2.75) is 39.3 Å². The van der Waals surface area contributed by atoms with Gasteiger partial charge in [-0.2, -0.15) is 0 Å². The van der Waals surface area contributed by atoms with E-state index < -0.39 is 17.7 Å². The topological polar surface area (TPSA) is 79.9 Å². The molecule has 0 radical (unpaired) electrons. The molecule has 1 unspecified atom stereocenters. The van der Waals surface area contributed by atoms with Crippen LogP contribution in [0.25, 0.3) is 0 Å². The first-order chi connectivity index (χ1) is 14.1. The minimum absolute atomic E-state index is 0.168. The van der Waals surface area contributed by atoms with Crippen molar-refractivity contribution < 1.29 is 19.1 Å². The van der Waals surface area contributed by atoms with Crippen LogP contribution in [0.5, 0.6) is 5.75 Å². The third-order valence-corrected chi connectivity index (χ3v) is 4.41. The molecule has 1 atom stereocenters. The SMILES string of the molecule is CCN(C)C(C(=O)Nc1ccc(OC)c(NC(=O)OC(C)(C)C)c1)c1ccccc1. The van der Waals surface area contributed by atoms with E-state index in [2.05, 4.69) is 10.6 Å². The Morgan fingerprint density at radius 3 is 2.30 bits per heavy atom. The minimum atomic E-state index is -0.628. The van der Waals surface area contributed by atoms with Gasteiger partial charge >= 0.3 is 6.09 Å². The molecule has 2 rings (SSSR count). The van der Waals surface area contributed by atoms with Crippen LogP contribution in [0.3, 0.4) is 0 Å². The third-order valence-electron chi connectivity index (χ3n) is 4.41. The fraction of sp³-hybridized carbons (Fsp3) is 0.391. The van der Waals surface area contributed by atoms with E-state index in [1.165, 1.54) is 7.11 Å². The third kappa shape index (κ3) is 6.49. The average molecular weight is 414 g/mol. The van der Waals surface area contributed by atoms with Crippen LogP contribution in [-0.2, 0) is 9.53 Å². The molecular weight excluding hydrogens is 382 g/mol. The molecule has 7 heteroatoms. The largest absolute Gasteiger partial charge is 0.495 e. The van der Waals surface area contributed by atoms with Crippen LogP contribution in [0, 0.1) is 0 Å². The van der Waals surface area contributed by atoms with E-state index >= 15 is 0 Å². The van der Waals surface area contributed by atoms with Gasteiger partial charge in [-0.25, -0.2) is 4.79 Å². The molecule has 162 valence electrons. The Kier molecular flexibility index (Phi) is 7.83. The normalized spacial score (nSPS) is 12.2. The predicted octanol–water partition coefficient (Wildman–Crippen LogP) is 4.67. The van der Waals surface area contributed by atoms with Crippen molar-refractivity contribution in [2.75, 3.05) is 31.3 Å². The molecule has 30 heavy (non-hydrogen) atoms. The second kappa shape index (κ2) is 10.1. The molecule has 0 aliphatic carbocycles. The first-order valence-electron chi connectivity index (χ1n) is 9.88. The van der Waals surface area contributed by atoms with Gasteiger partial charge in [-0.05, 0) is 58.1 Å². The number of hydrogen-bond donors (Lipinski definition) is 2. The summed E-state index contributed by atoms with van der Waals surface area (Å²) in [7, 11) is 3.41. The number of hydrogen-bond acceptors (Lipinski definition) is 5. The first kappa shape index (κ1) is 23.2. The zero-order chi connectivity index (χ0) is 22.3. The van der Waals surface area contributed by atoms with E-state index in [4.69, 9.17) is 9.47 Å². The van der Waals surface area contributed by atoms with Gasteiger partial charge in [0.05, 0.1) is 12.8 Å². The lowest BCUT2D eigenvalue weighted by Crippen LogP contribution is -2.34. The van der Waals surface area contributed by atoms with E-state index in [-0.39, 0.29) is 5.91 Å². The maximum Gasteiger partial charge on any atom is 0.412 e. The lowest BCUT2D eigenvalue weighted by Gasteiger charge is -2.26. The summed E-state index contributed by atoms with van der Waals surface area (Å²) in [5.41, 5.74) is 1.22. The van der Waals surface area contributed by atoms with Gasteiger partial charge in [0.2, 0.25) is 5.91 Å². The highest BCUT2D eigenvalue weighted by molar-refractivity contribution is 5.97. The number of likely N-dealkylation sites (N-methyl/N-ethyl adjacent to an activating group) is 1. The Balaban J connectivity index is 2.24. The smallest absolute Gasteiger partial charge is 0.412 e. The minimum Gasteiger partial charge on any atom is -0.495 e. The number of methoxy groups -OCH3 is 1. The van der Waals surface area contributed by atoms with Crippen LogP contribution >= 0.6 is 0 Å². The second-order valence-corrected chi connectivity index (χ2v) is 7.92. The Labute approximate surface area is 178 Å². The van der Waals surface area contributed by atoms with Crippen molar-refractivity contribution in [3.63, 3.8) is 0 Å². The van der Waals surface area contributed by atoms with Crippen LogP contribution < -0.4 is 15.4 Å². The van der Waals surface area contributed by atoms with Gasteiger partial charge in [-0.15, -0.1) is 0 Å². The fourth-order valence-electron chi connectivity index (χ4n) is 2.93. The van der Waals surface area contributed by atoms with Gasteiger partial charge in [0.25, 0.3) is 0 Å². The Morgan fingerprint density at radius 1 is 1.07 bits per heavy atom. The molecule has 0 bridgehead atoms. The van der Waals surface area contributed by atoms with Gasteiger partial charge in [0.15, 0.2) is 0 Å². The van der Waals surface area contributed by atoms with E-state index in [0.717, 1.165) is 5.56 Å². The summed E-state index contributed by atoms with van der Waals surface area (Å²) in [6, 6.07) is 14.2. The van der Waals surface area contributed by atoms with E-state index in [0.29, 0.717) is 23.7 Å². The Morgan fingerprint density at radius 2 is 1.73 bits per heavy atom. The number of rotatable bonds is 7. The van der Waals surface area contributed by atoms with Gasteiger partial charge in [-0.1, -0.05) is 37.3 Å². The van der Waals surface area contributed by atoms with Crippen molar-refractivity contribution in [1.82, 2.24) is 4.90 Å². The molecule has 0 aliphatic heterocycles. The molecule has 0 saturated heterocycles. The molecule has 0 fully saturated rings. The Hall–Kier alpha value is -3.06. The predicted molar refractivity (Wildman–Crippen MR) is 119 cm³/mol. The van der Waals surface area contributed by atoms with E-state index in [9.17, 15) is 9.59 Å². The lowest BCUT2D eigenvalue weighted by molar-refractivity contribution is -0.121. The van der Waals surface area contributed by atoms with Crippen molar-refractivity contribution >= 4 is 23.4 Å². The van der Waals surface area contributed by atoms with Gasteiger partial charge < -0.3 is 14.8 Å². The number of amides is 2. The summed E-state index contributed by atoms with van der Waals surface area (Å²) in [5.74, 6) is 0.295. The van der Waals surface area contributed by atoms with Crippen molar-refractivity contribution in [2.24, 2.45) is 0 Å². The summed E-state index contributed by atoms with van der Waals surface area (Å²) >= 11 is 0. The van der Waals surface area contributed by atoms with Crippen LogP contribution in [0.4, 0.5) is 16.2 Å². The maximum absolute atomic E-state index is 13.1. The summed E-state index contributed by atoms with van der Waals surface area (Å²) in [6.07, 6.45) is -0.600. The molecule has 2 aromatic rings. The quantitative estimate of drug-likeness (QED) is 0.689. The number of nitrogens with one attached hydrogen (secondary N) is 2. The van der Waals surface area contributed by atoms with Crippen LogP contribution in [0.2, 0.25) is 0 Å². The lowest BCUT2D eigenvalue weighted by atomic mass is 10.0. The summed E-state index contributed by atoms with van der Waals surface area (Å²) in [4.78, 5) is 27.2. The molecular formula is C23H31N3O4. The van der Waals surface area contributed by atoms with Crippen molar-refractivity contribution in [1.29, 1.82) is 0 Å². The highest BCUT2D eigenvalue weighted by Gasteiger charge is 2.25. The number of carbonyl (C=O) groups is 2. The van der Waals surface area contributed by atoms with Crippen molar-refractivity contribution in [3.8, 4) is 5.75 Å². The zero-order valence-electron chi connectivity index (χ0n) is 18.5. The first-order valence-corrected chi connectivity index (χ1v) is 9.88. The molecule has 0 spiro atoms. The highest BCUT2D eigenvalue weighted by atomic mass is 16.6. The standard InChI is InChI=1S/C23H31N3O4/c1-7-26(5)20(16-11-9-8-10-12-16)21(27)24-17-13-14-19(29-6)18(15-17)25-22(28)30-23(2,3)4/h8-15,20H,7H2,1-6H3,(H,24,27)(H,25,28). The van der Waals surface area contributed by atoms with Gasteiger partial charge in [-0.3, -0.25) is 15.0 Å². The number of nitrogens with zero attached hydrogens (tertiary/aromatic N) is 1. The molecule has 0 aliphatic rings. The van der Waals surface area contributed by atoms with Gasteiger partial charge in [0.1, 0.15) is 17.4 Å². The highest BCUT2D eigenvalue weighted by Crippen LogP contribution is 2.29. The molecule has 2 N–H and O–H groups in total. The molecule has 0 saturated carbocycles. The van der Waals surface area contributed by atoms with E-state index in [1.54, 1.807) is 39.0 Å². The second-order valence-electron chi connectivity index (χ2n) is 7.92. The molecule has 2 amide bonds. The van der Waals surface area contributed by atoms with Crippen molar-refractivity contribution in [3.05, 3.63) is 54.1 Å². The van der Waals surface area contributed by atoms with Crippen LogP contribution in [-0.4, -0.2) is 43.2 Å². The number of anilines is 2. The molecule has 0 heterocycles.